The third-order valence-electron chi connectivity index (χ3n) is 4.95. The van der Waals surface area contributed by atoms with Gasteiger partial charge in [0.25, 0.3) is 0 Å². The van der Waals surface area contributed by atoms with E-state index in [1.165, 1.54) is 38.5 Å². The van der Waals surface area contributed by atoms with E-state index < -0.39 is 0 Å². The highest BCUT2D eigenvalue weighted by atomic mass is 16.2. The Bertz CT molecular complexity index is 278. The number of nitrogens with one attached hydrogen (secondary N) is 2. The van der Waals surface area contributed by atoms with Crippen LogP contribution in [0.25, 0.3) is 0 Å². The molecule has 0 aliphatic heterocycles. The van der Waals surface area contributed by atoms with Crippen molar-refractivity contribution in [1.82, 2.24) is 10.6 Å². The Hall–Kier alpha value is -0.730. The summed E-state index contributed by atoms with van der Waals surface area (Å²) in [6, 6.07) is 0.0637. The summed E-state index contributed by atoms with van der Waals surface area (Å²) in [7, 11) is 0. The Morgan fingerprint density at radius 2 is 1.65 bits per heavy atom. The lowest BCUT2D eigenvalue weighted by Crippen LogP contribution is -2.61. The molecule has 0 aromatic heterocycles. The van der Waals surface area contributed by atoms with Crippen LogP contribution in [0.1, 0.15) is 51.9 Å². The predicted octanol–water partition coefficient (Wildman–Crippen LogP) is 2.66. The second-order valence-electron chi connectivity index (χ2n) is 6.58. The molecule has 0 radical (unpaired) electrons. The van der Waals surface area contributed by atoms with E-state index in [9.17, 15) is 4.79 Å². The monoisotopic (exact) mass is 236 g/mol. The molecule has 0 aromatic rings. The van der Waals surface area contributed by atoms with Gasteiger partial charge in [0.1, 0.15) is 0 Å². The maximum absolute atomic E-state index is 11.9. The van der Waals surface area contributed by atoms with Crippen LogP contribution >= 0.6 is 0 Å². The molecule has 4 saturated carbocycles. The Balaban J connectivity index is 1.64. The third kappa shape index (κ3) is 2.16. The fourth-order valence-corrected chi connectivity index (χ4v) is 4.79. The van der Waals surface area contributed by atoms with Gasteiger partial charge in [-0.25, -0.2) is 4.79 Å². The zero-order chi connectivity index (χ0) is 11.9. The summed E-state index contributed by atoms with van der Waals surface area (Å²) >= 11 is 0. The van der Waals surface area contributed by atoms with E-state index in [1.54, 1.807) is 0 Å². The summed E-state index contributed by atoms with van der Waals surface area (Å²) in [5, 5.41) is 6.27. The first-order chi connectivity index (χ1) is 8.19. The van der Waals surface area contributed by atoms with Gasteiger partial charge in [0.05, 0.1) is 0 Å². The van der Waals surface area contributed by atoms with Crippen LogP contribution < -0.4 is 10.6 Å². The molecule has 4 aliphatic carbocycles. The molecule has 3 heteroatoms. The number of amides is 2. The normalized spacial score (nSPS) is 42.5. The van der Waals surface area contributed by atoms with Crippen molar-refractivity contribution >= 4 is 6.03 Å². The van der Waals surface area contributed by atoms with Gasteiger partial charge in [0, 0.05) is 12.1 Å². The summed E-state index contributed by atoms with van der Waals surface area (Å²) in [6.45, 7) is 2.88. The summed E-state index contributed by atoms with van der Waals surface area (Å²) in [5.41, 5.74) is 0.159. The van der Waals surface area contributed by atoms with Gasteiger partial charge in [-0.3, -0.25) is 0 Å². The Kier molecular flexibility index (Phi) is 2.80. The van der Waals surface area contributed by atoms with Crippen molar-refractivity contribution in [2.45, 2.75) is 57.4 Å². The molecular formula is C14H24N2O. The fraction of sp³-hybridized carbons (Fsp3) is 0.929. The van der Waals surface area contributed by atoms with Gasteiger partial charge in [-0.15, -0.1) is 0 Å². The minimum Gasteiger partial charge on any atom is -0.338 e. The van der Waals surface area contributed by atoms with Crippen molar-refractivity contribution in [3.63, 3.8) is 0 Å². The van der Waals surface area contributed by atoms with Gasteiger partial charge in [-0.2, -0.15) is 0 Å². The van der Waals surface area contributed by atoms with Crippen molar-refractivity contribution in [2.75, 3.05) is 6.54 Å². The lowest BCUT2D eigenvalue weighted by Gasteiger charge is -2.56. The first-order valence-electron chi connectivity index (χ1n) is 7.25. The number of carbonyl (C=O) groups excluding carboxylic acids is 1. The van der Waals surface area contributed by atoms with Crippen molar-refractivity contribution in [1.29, 1.82) is 0 Å². The van der Waals surface area contributed by atoms with Crippen molar-refractivity contribution in [3.05, 3.63) is 0 Å². The molecule has 4 fully saturated rings. The summed E-state index contributed by atoms with van der Waals surface area (Å²) in [4.78, 5) is 11.9. The number of carbonyl (C=O) groups is 1. The predicted molar refractivity (Wildman–Crippen MR) is 67.7 cm³/mol. The maximum Gasteiger partial charge on any atom is 0.315 e. The minimum absolute atomic E-state index is 0.0637. The van der Waals surface area contributed by atoms with E-state index in [1.807, 2.05) is 0 Å². The average Bonchev–Trinajstić information content (AvgIpc) is 2.23. The van der Waals surface area contributed by atoms with Crippen LogP contribution in [0, 0.1) is 17.8 Å². The number of rotatable bonds is 3. The number of urea groups is 1. The van der Waals surface area contributed by atoms with Gasteiger partial charge in [-0.1, -0.05) is 6.92 Å². The first kappa shape index (κ1) is 11.4. The van der Waals surface area contributed by atoms with Crippen LogP contribution in [-0.4, -0.2) is 18.1 Å². The Morgan fingerprint density at radius 3 is 2.12 bits per heavy atom. The standard InChI is InChI=1S/C14H24N2O/c1-2-3-15-13(17)16-14-7-10-4-11(8-14)6-12(5-10)9-14/h10-12H,2-9H2,1H3,(H2,15,16,17). The molecule has 3 nitrogen and oxygen atoms in total. The molecule has 4 aliphatic rings. The largest absolute Gasteiger partial charge is 0.338 e. The third-order valence-corrected chi connectivity index (χ3v) is 4.95. The van der Waals surface area contributed by atoms with Crippen molar-refractivity contribution < 1.29 is 4.79 Å². The Labute approximate surface area is 104 Å². The number of hydrogen-bond donors (Lipinski definition) is 2. The molecule has 0 aromatic carbocycles. The van der Waals surface area contributed by atoms with Crippen molar-refractivity contribution in [3.8, 4) is 0 Å². The second-order valence-corrected chi connectivity index (χ2v) is 6.58. The van der Waals surface area contributed by atoms with E-state index in [4.69, 9.17) is 0 Å². The highest BCUT2D eigenvalue weighted by Gasteiger charge is 2.51. The summed E-state index contributed by atoms with van der Waals surface area (Å²) in [5.74, 6) is 2.69. The zero-order valence-electron chi connectivity index (χ0n) is 10.8. The van der Waals surface area contributed by atoms with Gasteiger partial charge < -0.3 is 10.6 Å². The molecule has 96 valence electrons. The van der Waals surface area contributed by atoms with Crippen LogP contribution in [0.2, 0.25) is 0 Å². The van der Waals surface area contributed by atoms with Crippen LogP contribution in [0.15, 0.2) is 0 Å². The highest BCUT2D eigenvalue weighted by Crippen LogP contribution is 2.55. The smallest absolute Gasteiger partial charge is 0.315 e. The minimum atomic E-state index is 0.0637. The topological polar surface area (TPSA) is 41.1 Å². The summed E-state index contributed by atoms with van der Waals surface area (Å²) in [6.07, 6.45) is 9.00. The van der Waals surface area contributed by atoms with Gasteiger partial charge in [-0.05, 0) is 62.7 Å². The van der Waals surface area contributed by atoms with Crippen LogP contribution in [0.4, 0.5) is 4.79 Å². The van der Waals surface area contributed by atoms with E-state index in [-0.39, 0.29) is 11.6 Å². The average molecular weight is 236 g/mol. The summed E-state index contributed by atoms with van der Waals surface area (Å²) < 4.78 is 0. The zero-order valence-corrected chi connectivity index (χ0v) is 10.8. The molecule has 0 atom stereocenters. The molecule has 0 saturated heterocycles. The fourth-order valence-electron chi connectivity index (χ4n) is 4.79. The molecule has 4 bridgehead atoms. The van der Waals surface area contributed by atoms with Gasteiger partial charge in [0.15, 0.2) is 0 Å². The van der Waals surface area contributed by atoms with E-state index in [2.05, 4.69) is 17.6 Å². The number of hydrogen-bond acceptors (Lipinski definition) is 1. The highest BCUT2D eigenvalue weighted by molar-refractivity contribution is 5.74. The first-order valence-corrected chi connectivity index (χ1v) is 7.25. The molecule has 4 rings (SSSR count). The molecule has 0 unspecified atom stereocenters. The van der Waals surface area contributed by atoms with Crippen LogP contribution in [0.5, 0.6) is 0 Å². The van der Waals surface area contributed by atoms with Crippen LogP contribution in [0.3, 0.4) is 0 Å². The molecule has 0 heterocycles. The molecule has 17 heavy (non-hydrogen) atoms. The molecule has 2 N–H and O–H groups in total. The van der Waals surface area contributed by atoms with E-state index in [0.29, 0.717) is 0 Å². The van der Waals surface area contributed by atoms with E-state index >= 15 is 0 Å². The SMILES string of the molecule is CCCNC(=O)NC12CC3CC(CC(C3)C1)C2. The lowest BCUT2D eigenvalue weighted by atomic mass is 9.53. The second kappa shape index (κ2) is 4.18. The molecule has 2 amide bonds. The molecule has 0 spiro atoms. The maximum atomic E-state index is 11.9. The van der Waals surface area contributed by atoms with Crippen LogP contribution in [-0.2, 0) is 0 Å². The Morgan fingerprint density at radius 1 is 1.12 bits per heavy atom. The quantitative estimate of drug-likeness (QED) is 0.777. The van der Waals surface area contributed by atoms with Crippen molar-refractivity contribution in [2.24, 2.45) is 17.8 Å². The van der Waals surface area contributed by atoms with Gasteiger partial charge >= 0.3 is 6.03 Å². The molecular weight excluding hydrogens is 212 g/mol. The lowest BCUT2D eigenvalue weighted by molar-refractivity contribution is -0.0135. The van der Waals surface area contributed by atoms with E-state index in [0.717, 1.165) is 30.7 Å². The van der Waals surface area contributed by atoms with Gasteiger partial charge in [0.2, 0.25) is 0 Å².